The highest BCUT2D eigenvalue weighted by Crippen LogP contribution is 2.16. The van der Waals surface area contributed by atoms with Crippen LogP contribution in [-0.2, 0) is 9.53 Å². The van der Waals surface area contributed by atoms with Gasteiger partial charge in [-0.2, -0.15) is 0 Å². The molecule has 2 rings (SSSR count). The van der Waals surface area contributed by atoms with Crippen LogP contribution in [0.3, 0.4) is 0 Å². The van der Waals surface area contributed by atoms with Crippen molar-refractivity contribution in [2.45, 2.75) is 6.42 Å². The van der Waals surface area contributed by atoms with Gasteiger partial charge in [0.2, 0.25) is 5.91 Å². The molecule has 1 heterocycles. The Morgan fingerprint density at radius 2 is 2.22 bits per heavy atom. The lowest BCUT2D eigenvalue weighted by Gasteiger charge is -2.09. The summed E-state index contributed by atoms with van der Waals surface area (Å²) in [6.45, 7) is 1.54. The van der Waals surface area contributed by atoms with Crippen LogP contribution in [0.4, 0.5) is 5.69 Å². The van der Waals surface area contributed by atoms with E-state index in [0.717, 1.165) is 17.7 Å². The van der Waals surface area contributed by atoms with E-state index < -0.39 is 0 Å². The molecular weight excluding hydrogens is 228 g/mol. The van der Waals surface area contributed by atoms with Gasteiger partial charge in [-0.15, -0.1) is 0 Å². The monoisotopic (exact) mass is 244 g/mol. The van der Waals surface area contributed by atoms with Crippen molar-refractivity contribution in [1.82, 2.24) is 0 Å². The molecule has 1 unspecified atom stereocenters. The second-order valence-corrected chi connectivity index (χ2v) is 4.13. The third-order valence-corrected chi connectivity index (χ3v) is 2.79. The highest BCUT2D eigenvalue weighted by Gasteiger charge is 2.23. The molecule has 0 bridgehead atoms. The molecule has 1 atom stereocenters. The van der Waals surface area contributed by atoms with E-state index in [2.05, 4.69) is 17.2 Å². The zero-order valence-electron chi connectivity index (χ0n) is 10.1. The van der Waals surface area contributed by atoms with Gasteiger partial charge in [-0.25, -0.2) is 0 Å². The third-order valence-electron chi connectivity index (χ3n) is 2.79. The first-order valence-electron chi connectivity index (χ1n) is 5.97. The molecule has 1 aromatic carbocycles. The Balaban J connectivity index is 1.95. The smallest absolute Gasteiger partial charge is 0.229 e. The van der Waals surface area contributed by atoms with Crippen molar-refractivity contribution >= 4 is 11.6 Å². The van der Waals surface area contributed by atoms with Crippen LogP contribution in [-0.4, -0.2) is 25.7 Å². The maximum absolute atomic E-state index is 11.8. The molecule has 3 N–H and O–H groups in total. The highest BCUT2D eigenvalue weighted by atomic mass is 16.5. The largest absolute Gasteiger partial charge is 0.381 e. The van der Waals surface area contributed by atoms with Gasteiger partial charge in [0, 0.05) is 17.9 Å². The Labute approximate surface area is 107 Å². The molecule has 0 aliphatic carbocycles. The van der Waals surface area contributed by atoms with Gasteiger partial charge >= 0.3 is 0 Å². The molecule has 1 fully saturated rings. The first kappa shape index (κ1) is 12.6. The Kier molecular flexibility index (Phi) is 4.35. The van der Waals surface area contributed by atoms with E-state index in [0.29, 0.717) is 19.8 Å². The van der Waals surface area contributed by atoms with Crippen molar-refractivity contribution in [1.29, 1.82) is 0 Å². The Morgan fingerprint density at radius 3 is 2.83 bits per heavy atom. The van der Waals surface area contributed by atoms with Crippen LogP contribution in [0.5, 0.6) is 0 Å². The van der Waals surface area contributed by atoms with Crippen LogP contribution in [0.15, 0.2) is 24.3 Å². The first-order chi connectivity index (χ1) is 8.79. The molecule has 94 valence electrons. The molecule has 0 aromatic heterocycles. The van der Waals surface area contributed by atoms with Gasteiger partial charge in [0.1, 0.15) is 0 Å². The average Bonchev–Trinajstić information content (AvgIpc) is 2.92. The minimum absolute atomic E-state index is 0.0216. The van der Waals surface area contributed by atoms with Crippen LogP contribution in [0, 0.1) is 17.8 Å². The topological polar surface area (TPSA) is 64.3 Å². The minimum Gasteiger partial charge on any atom is -0.381 e. The standard InChI is InChI=1S/C14H16N2O2/c15-8-1-2-11-3-5-13(6-4-11)16-14(17)12-7-9-18-10-12/h3-6,12H,7-10,15H2,(H,16,17). The number of carbonyl (C=O) groups is 1. The van der Waals surface area contributed by atoms with Gasteiger partial charge in [-0.3, -0.25) is 4.79 Å². The van der Waals surface area contributed by atoms with Gasteiger partial charge in [-0.05, 0) is 30.7 Å². The molecule has 4 nitrogen and oxygen atoms in total. The quantitative estimate of drug-likeness (QED) is 0.762. The Morgan fingerprint density at radius 1 is 1.44 bits per heavy atom. The number of anilines is 1. The molecule has 4 heteroatoms. The predicted molar refractivity (Wildman–Crippen MR) is 69.9 cm³/mol. The molecule has 1 aliphatic heterocycles. The van der Waals surface area contributed by atoms with Gasteiger partial charge < -0.3 is 15.8 Å². The van der Waals surface area contributed by atoms with E-state index in [1.165, 1.54) is 0 Å². The summed E-state index contributed by atoms with van der Waals surface area (Å²) in [7, 11) is 0. The number of hydrogen-bond acceptors (Lipinski definition) is 3. The zero-order valence-corrected chi connectivity index (χ0v) is 10.1. The van der Waals surface area contributed by atoms with Crippen molar-refractivity contribution in [3.63, 3.8) is 0 Å². The lowest BCUT2D eigenvalue weighted by Crippen LogP contribution is -2.22. The van der Waals surface area contributed by atoms with Crippen molar-refractivity contribution in [2.24, 2.45) is 11.7 Å². The summed E-state index contributed by atoms with van der Waals surface area (Å²) < 4.78 is 5.19. The Bertz CT molecular complexity index is 465. The molecule has 1 amide bonds. The number of ether oxygens (including phenoxy) is 1. The van der Waals surface area contributed by atoms with Crippen LogP contribution < -0.4 is 11.1 Å². The zero-order chi connectivity index (χ0) is 12.8. The number of benzene rings is 1. The Hall–Kier alpha value is -1.83. The molecule has 1 aliphatic rings. The van der Waals surface area contributed by atoms with Crippen molar-refractivity contribution in [3.05, 3.63) is 29.8 Å². The maximum Gasteiger partial charge on any atom is 0.229 e. The van der Waals surface area contributed by atoms with Crippen LogP contribution in [0.25, 0.3) is 0 Å². The van der Waals surface area contributed by atoms with E-state index in [-0.39, 0.29) is 11.8 Å². The van der Waals surface area contributed by atoms with Gasteiger partial charge in [0.05, 0.1) is 19.1 Å². The summed E-state index contributed by atoms with van der Waals surface area (Å²) in [5.74, 6) is 5.71. The number of carbonyl (C=O) groups excluding carboxylic acids is 1. The predicted octanol–water partition coefficient (Wildman–Crippen LogP) is 0.972. The molecule has 0 spiro atoms. The first-order valence-corrected chi connectivity index (χ1v) is 5.97. The molecule has 0 radical (unpaired) electrons. The lowest BCUT2D eigenvalue weighted by atomic mass is 10.1. The van der Waals surface area contributed by atoms with Crippen molar-refractivity contribution < 1.29 is 9.53 Å². The fourth-order valence-corrected chi connectivity index (χ4v) is 1.78. The SMILES string of the molecule is NCC#Cc1ccc(NC(=O)C2CCOC2)cc1. The summed E-state index contributed by atoms with van der Waals surface area (Å²) in [4.78, 5) is 11.8. The van der Waals surface area contributed by atoms with Crippen molar-refractivity contribution in [3.8, 4) is 11.8 Å². The van der Waals surface area contributed by atoms with Gasteiger partial charge in [0.25, 0.3) is 0 Å². The number of nitrogens with two attached hydrogens (primary N) is 1. The van der Waals surface area contributed by atoms with Crippen molar-refractivity contribution in [2.75, 3.05) is 25.1 Å². The maximum atomic E-state index is 11.8. The molecule has 1 aromatic rings. The number of hydrogen-bond donors (Lipinski definition) is 2. The fourth-order valence-electron chi connectivity index (χ4n) is 1.78. The fraction of sp³-hybridized carbons (Fsp3) is 0.357. The lowest BCUT2D eigenvalue weighted by molar-refractivity contribution is -0.119. The summed E-state index contributed by atoms with van der Waals surface area (Å²) >= 11 is 0. The highest BCUT2D eigenvalue weighted by molar-refractivity contribution is 5.92. The third kappa shape index (κ3) is 3.33. The second kappa shape index (κ2) is 6.20. The van der Waals surface area contributed by atoms with Crippen LogP contribution in [0.1, 0.15) is 12.0 Å². The molecule has 1 saturated heterocycles. The van der Waals surface area contributed by atoms with Crippen LogP contribution >= 0.6 is 0 Å². The summed E-state index contributed by atoms with van der Waals surface area (Å²) in [5.41, 5.74) is 6.97. The van der Waals surface area contributed by atoms with Gasteiger partial charge in [0.15, 0.2) is 0 Å². The second-order valence-electron chi connectivity index (χ2n) is 4.13. The van der Waals surface area contributed by atoms with E-state index in [9.17, 15) is 4.79 Å². The summed E-state index contributed by atoms with van der Waals surface area (Å²) in [6, 6.07) is 7.41. The van der Waals surface area contributed by atoms with E-state index in [4.69, 9.17) is 10.5 Å². The van der Waals surface area contributed by atoms with Gasteiger partial charge in [-0.1, -0.05) is 11.8 Å². The molecule has 18 heavy (non-hydrogen) atoms. The number of nitrogens with one attached hydrogen (secondary N) is 1. The average molecular weight is 244 g/mol. The van der Waals surface area contributed by atoms with E-state index in [1.54, 1.807) is 0 Å². The minimum atomic E-state index is -0.0262. The summed E-state index contributed by atoms with van der Waals surface area (Å²) in [5, 5.41) is 2.88. The number of rotatable bonds is 2. The molecular formula is C14H16N2O2. The van der Waals surface area contributed by atoms with E-state index >= 15 is 0 Å². The van der Waals surface area contributed by atoms with Crippen LogP contribution in [0.2, 0.25) is 0 Å². The number of amides is 1. The van der Waals surface area contributed by atoms with E-state index in [1.807, 2.05) is 24.3 Å². The summed E-state index contributed by atoms with van der Waals surface area (Å²) in [6.07, 6.45) is 0.798. The normalized spacial score (nSPS) is 17.9. The molecule has 0 saturated carbocycles.